The molecule has 1 fully saturated rings. The quantitative estimate of drug-likeness (QED) is 0.839. The van der Waals surface area contributed by atoms with Crippen molar-refractivity contribution < 1.29 is 13.2 Å². The number of aryl methyl sites for hydroxylation is 1. The van der Waals surface area contributed by atoms with Crippen LogP contribution in [0.3, 0.4) is 0 Å². The van der Waals surface area contributed by atoms with Crippen molar-refractivity contribution in [3.05, 3.63) is 29.6 Å². The summed E-state index contributed by atoms with van der Waals surface area (Å²) in [5.41, 5.74) is 7.43. The van der Waals surface area contributed by atoms with E-state index in [-0.39, 0.29) is 12.8 Å². The molecular weight excluding hydrogens is 241 g/mol. The fraction of sp³-hybridized carbons (Fsp3) is 0.615. The molecule has 18 heavy (non-hydrogen) atoms. The van der Waals surface area contributed by atoms with Crippen LogP contribution in [0.2, 0.25) is 0 Å². The highest BCUT2D eigenvalue weighted by Gasteiger charge is 2.45. The molecule has 0 saturated heterocycles. The zero-order valence-corrected chi connectivity index (χ0v) is 10.3. The fourth-order valence-corrected chi connectivity index (χ4v) is 2.58. The van der Waals surface area contributed by atoms with Crippen LogP contribution in [-0.4, -0.2) is 11.2 Å². The van der Waals surface area contributed by atoms with Crippen molar-refractivity contribution in [2.24, 2.45) is 11.7 Å². The lowest BCUT2D eigenvalue weighted by Crippen LogP contribution is -2.43. The number of hydrogen-bond donors (Lipinski definition) is 1. The molecule has 0 radical (unpaired) electrons. The third kappa shape index (κ3) is 2.66. The molecule has 0 aromatic carbocycles. The lowest BCUT2D eigenvalue weighted by molar-refractivity contribution is -0.184. The average molecular weight is 258 g/mol. The van der Waals surface area contributed by atoms with Gasteiger partial charge in [0.1, 0.15) is 0 Å². The largest absolute Gasteiger partial charge is 0.391 e. The SMILES string of the molecule is Cc1cncc(C2(N)CCC(C(F)(F)F)CC2)c1. The predicted molar refractivity (Wildman–Crippen MR) is 62.9 cm³/mol. The van der Waals surface area contributed by atoms with Gasteiger partial charge >= 0.3 is 6.18 Å². The van der Waals surface area contributed by atoms with Crippen molar-refractivity contribution in [1.82, 2.24) is 4.98 Å². The van der Waals surface area contributed by atoms with Gasteiger partial charge in [0.15, 0.2) is 0 Å². The molecule has 2 N–H and O–H groups in total. The summed E-state index contributed by atoms with van der Waals surface area (Å²) < 4.78 is 37.8. The van der Waals surface area contributed by atoms with Gasteiger partial charge in [-0.2, -0.15) is 13.2 Å². The van der Waals surface area contributed by atoms with Gasteiger partial charge in [-0.15, -0.1) is 0 Å². The zero-order valence-electron chi connectivity index (χ0n) is 10.3. The summed E-state index contributed by atoms with van der Waals surface area (Å²) in [6.07, 6.45) is 0.230. The first-order chi connectivity index (χ1) is 8.31. The van der Waals surface area contributed by atoms with E-state index in [9.17, 15) is 13.2 Å². The van der Waals surface area contributed by atoms with Crippen LogP contribution in [0.5, 0.6) is 0 Å². The molecule has 2 nitrogen and oxygen atoms in total. The van der Waals surface area contributed by atoms with Crippen LogP contribution in [0.25, 0.3) is 0 Å². The Labute approximate surface area is 104 Å². The molecule has 0 bridgehead atoms. The summed E-state index contributed by atoms with van der Waals surface area (Å²) in [5, 5.41) is 0. The number of aromatic nitrogens is 1. The molecule has 0 atom stereocenters. The number of hydrogen-bond acceptors (Lipinski definition) is 2. The number of nitrogens with zero attached hydrogens (tertiary/aromatic N) is 1. The molecule has 1 aliphatic carbocycles. The maximum absolute atomic E-state index is 12.6. The predicted octanol–water partition coefficient (Wildman–Crippen LogP) is 3.30. The second-order valence-electron chi connectivity index (χ2n) is 5.22. The van der Waals surface area contributed by atoms with E-state index in [1.54, 1.807) is 12.4 Å². The van der Waals surface area contributed by atoms with E-state index < -0.39 is 17.6 Å². The molecule has 5 heteroatoms. The summed E-state index contributed by atoms with van der Waals surface area (Å²) in [6, 6.07) is 1.92. The van der Waals surface area contributed by atoms with Gasteiger partial charge in [0.25, 0.3) is 0 Å². The van der Waals surface area contributed by atoms with Gasteiger partial charge < -0.3 is 5.73 Å². The first kappa shape index (κ1) is 13.3. The van der Waals surface area contributed by atoms with Crippen LogP contribution in [-0.2, 0) is 5.54 Å². The summed E-state index contributed by atoms with van der Waals surface area (Å²) in [7, 11) is 0. The zero-order chi connectivity index (χ0) is 13.4. The van der Waals surface area contributed by atoms with Gasteiger partial charge in [0.05, 0.1) is 5.92 Å². The van der Waals surface area contributed by atoms with Crippen molar-refractivity contribution >= 4 is 0 Å². The summed E-state index contributed by atoms with van der Waals surface area (Å²) in [6.45, 7) is 1.90. The Hall–Kier alpha value is -1.10. The Morgan fingerprint density at radius 3 is 2.39 bits per heavy atom. The van der Waals surface area contributed by atoms with Crippen LogP contribution < -0.4 is 5.73 Å². The molecule has 0 spiro atoms. The highest BCUT2D eigenvalue weighted by atomic mass is 19.4. The van der Waals surface area contributed by atoms with Crippen LogP contribution in [0, 0.1) is 12.8 Å². The third-order valence-corrected chi connectivity index (χ3v) is 3.79. The Bertz CT molecular complexity index is 420. The first-order valence-corrected chi connectivity index (χ1v) is 6.09. The minimum atomic E-state index is -4.09. The molecule has 100 valence electrons. The fourth-order valence-electron chi connectivity index (χ4n) is 2.58. The molecule has 1 saturated carbocycles. The molecule has 0 unspecified atom stereocenters. The monoisotopic (exact) mass is 258 g/mol. The number of alkyl halides is 3. The van der Waals surface area contributed by atoms with Crippen molar-refractivity contribution in [3.63, 3.8) is 0 Å². The van der Waals surface area contributed by atoms with Crippen molar-refractivity contribution in [1.29, 1.82) is 0 Å². The molecule has 1 aromatic rings. The highest BCUT2D eigenvalue weighted by Crippen LogP contribution is 2.43. The van der Waals surface area contributed by atoms with Gasteiger partial charge in [-0.25, -0.2) is 0 Å². The van der Waals surface area contributed by atoms with E-state index >= 15 is 0 Å². The average Bonchev–Trinajstić information content (AvgIpc) is 2.28. The smallest absolute Gasteiger partial charge is 0.321 e. The van der Waals surface area contributed by atoms with E-state index in [0.717, 1.165) is 11.1 Å². The maximum Gasteiger partial charge on any atom is 0.391 e. The van der Waals surface area contributed by atoms with Crippen molar-refractivity contribution in [3.8, 4) is 0 Å². The molecular formula is C13H17F3N2. The highest BCUT2D eigenvalue weighted by molar-refractivity contribution is 5.25. The number of rotatable bonds is 1. The van der Waals surface area contributed by atoms with Crippen LogP contribution in [0.15, 0.2) is 18.5 Å². The van der Waals surface area contributed by atoms with Gasteiger partial charge in [-0.05, 0) is 43.7 Å². The van der Waals surface area contributed by atoms with Crippen LogP contribution >= 0.6 is 0 Å². The lowest BCUT2D eigenvalue weighted by atomic mass is 9.73. The molecule has 2 rings (SSSR count). The second kappa shape index (κ2) is 4.53. The minimum absolute atomic E-state index is 0.105. The van der Waals surface area contributed by atoms with E-state index in [0.29, 0.717) is 12.8 Å². The number of nitrogens with two attached hydrogens (primary N) is 1. The molecule has 0 aliphatic heterocycles. The first-order valence-electron chi connectivity index (χ1n) is 6.09. The van der Waals surface area contributed by atoms with E-state index in [2.05, 4.69) is 4.98 Å². The number of halogens is 3. The standard InChI is InChI=1S/C13H17F3N2/c1-9-6-11(8-18-7-9)12(17)4-2-10(3-5-12)13(14,15)16/h6-8,10H,2-5,17H2,1H3. The molecule has 1 aliphatic rings. The van der Waals surface area contributed by atoms with Gasteiger partial charge in [-0.1, -0.05) is 6.07 Å². The Morgan fingerprint density at radius 2 is 1.89 bits per heavy atom. The van der Waals surface area contributed by atoms with E-state index in [1.165, 1.54) is 0 Å². The van der Waals surface area contributed by atoms with Crippen LogP contribution in [0.4, 0.5) is 13.2 Å². The Kier molecular flexibility index (Phi) is 3.36. The van der Waals surface area contributed by atoms with E-state index in [4.69, 9.17) is 5.73 Å². The van der Waals surface area contributed by atoms with Crippen molar-refractivity contribution in [2.45, 2.75) is 44.3 Å². The lowest BCUT2D eigenvalue weighted by Gasteiger charge is -2.38. The second-order valence-corrected chi connectivity index (χ2v) is 5.22. The summed E-state index contributed by atoms with van der Waals surface area (Å²) in [5.74, 6) is -1.20. The summed E-state index contributed by atoms with van der Waals surface area (Å²) >= 11 is 0. The van der Waals surface area contributed by atoms with Gasteiger partial charge in [0.2, 0.25) is 0 Å². The summed E-state index contributed by atoms with van der Waals surface area (Å²) in [4.78, 5) is 4.07. The Balaban J connectivity index is 2.12. The Morgan fingerprint density at radius 1 is 1.28 bits per heavy atom. The maximum atomic E-state index is 12.6. The minimum Gasteiger partial charge on any atom is -0.321 e. The number of pyridine rings is 1. The van der Waals surface area contributed by atoms with Gasteiger partial charge in [-0.3, -0.25) is 4.98 Å². The normalized spacial score (nSPS) is 29.3. The van der Waals surface area contributed by atoms with E-state index in [1.807, 2.05) is 13.0 Å². The van der Waals surface area contributed by atoms with Crippen molar-refractivity contribution in [2.75, 3.05) is 0 Å². The van der Waals surface area contributed by atoms with Gasteiger partial charge in [0, 0.05) is 17.9 Å². The molecule has 1 aromatic heterocycles. The topological polar surface area (TPSA) is 38.9 Å². The third-order valence-electron chi connectivity index (χ3n) is 3.79. The molecule has 0 amide bonds. The van der Waals surface area contributed by atoms with Crippen LogP contribution in [0.1, 0.15) is 36.8 Å². The molecule has 1 heterocycles.